The molecule has 1 N–H and O–H groups in total. The summed E-state index contributed by atoms with van der Waals surface area (Å²) in [4.78, 5) is 22.7. The molecule has 0 saturated heterocycles. The molecule has 108 valence electrons. The van der Waals surface area contributed by atoms with Gasteiger partial charge in [-0.3, -0.25) is 14.9 Å². The molecule has 0 unspecified atom stereocenters. The predicted octanol–water partition coefficient (Wildman–Crippen LogP) is 4.52. The van der Waals surface area contributed by atoms with E-state index in [4.69, 9.17) is 0 Å². The predicted molar refractivity (Wildman–Crippen MR) is 92.6 cm³/mol. The van der Waals surface area contributed by atoms with Crippen LogP contribution in [0.5, 0.6) is 0 Å². The molecule has 7 heteroatoms. The summed E-state index contributed by atoms with van der Waals surface area (Å²) in [6.45, 7) is 1.65. The molecule has 0 aliphatic rings. The second kappa shape index (κ2) is 6.52. The van der Waals surface area contributed by atoms with Crippen molar-refractivity contribution in [2.75, 3.05) is 5.32 Å². The molecular formula is C14H10BrIN2O3. The van der Waals surface area contributed by atoms with Crippen LogP contribution >= 0.6 is 38.5 Å². The second-order valence-electron chi connectivity index (χ2n) is 4.34. The summed E-state index contributed by atoms with van der Waals surface area (Å²) in [6.07, 6.45) is 0. The zero-order valence-electron chi connectivity index (χ0n) is 10.9. The van der Waals surface area contributed by atoms with E-state index in [0.29, 0.717) is 21.3 Å². The van der Waals surface area contributed by atoms with Crippen LogP contribution in [0, 0.1) is 20.6 Å². The minimum absolute atomic E-state index is 0.0313. The Bertz CT molecular complexity index is 734. The van der Waals surface area contributed by atoms with Gasteiger partial charge in [-0.2, -0.15) is 0 Å². The summed E-state index contributed by atoms with van der Waals surface area (Å²) >= 11 is 5.42. The molecule has 0 spiro atoms. The Morgan fingerprint density at radius 3 is 2.67 bits per heavy atom. The van der Waals surface area contributed by atoms with Crippen LogP contribution in [-0.2, 0) is 0 Å². The molecule has 5 nitrogen and oxygen atoms in total. The van der Waals surface area contributed by atoms with Crippen molar-refractivity contribution < 1.29 is 9.72 Å². The largest absolute Gasteiger partial charge is 0.321 e. The maximum absolute atomic E-state index is 12.2. The molecule has 0 atom stereocenters. The van der Waals surface area contributed by atoms with Crippen molar-refractivity contribution in [1.29, 1.82) is 0 Å². The fraction of sp³-hybridized carbons (Fsp3) is 0.0714. The lowest BCUT2D eigenvalue weighted by atomic mass is 10.1. The standard InChI is InChI=1S/C14H10BrIN2O3/c1-8-5-11(15)12(7-13(8)18(20)21)17-14(19)9-3-2-4-10(16)6-9/h2-7H,1H3,(H,17,19). The number of nitrogens with zero attached hydrogens (tertiary/aromatic N) is 1. The minimum atomic E-state index is -0.469. The van der Waals surface area contributed by atoms with Gasteiger partial charge in [0.25, 0.3) is 11.6 Å². The Kier molecular flexibility index (Phi) is 4.94. The number of nitro benzene ring substituents is 1. The number of anilines is 1. The maximum atomic E-state index is 12.2. The Morgan fingerprint density at radius 2 is 2.05 bits per heavy atom. The van der Waals surface area contributed by atoms with Crippen LogP contribution in [0.25, 0.3) is 0 Å². The van der Waals surface area contributed by atoms with Gasteiger partial charge in [0.05, 0.1) is 10.6 Å². The number of carbonyl (C=O) groups excluding carboxylic acids is 1. The molecule has 0 aromatic heterocycles. The van der Waals surface area contributed by atoms with E-state index in [-0.39, 0.29) is 11.6 Å². The van der Waals surface area contributed by atoms with E-state index in [1.807, 2.05) is 6.07 Å². The molecule has 2 aromatic rings. The molecule has 0 radical (unpaired) electrons. The fourth-order valence-electron chi connectivity index (χ4n) is 1.78. The third-order valence-corrected chi connectivity index (χ3v) is 4.14. The number of hydrogen-bond donors (Lipinski definition) is 1. The third kappa shape index (κ3) is 3.79. The summed E-state index contributed by atoms with van der Waals surface area (Å²) in [5.41, 5.74) is 1.36. The van der Waals surface area contributed by atoms with Crippen molar-refractivity contribution in [2.45, 2.75) is 6.92 Å². The molecule has 0 aliphatic carbocycles. The number of benzene rings is 2. The molecule has 0 heterocycles. The third-order valence-electron chi connectivity index (χ3n) is 2.82. The highest BCUT2D eigenvalue weighted by molar-refractivity contribution is 14.1. The van der Waals surface area contributed by atoms with E-state index in [1.54, 1.807) is 31.2 Å². The monoisotopic (exact) mass is 460 g/mol. The van der Waals surface area contributed by atoms with E-state index >= 15 is 0 Å². The molecule has 0 saturated carbocycles. The zero-order chi connectivity index (χ0) is 15.6. The lowest BCUT2D eigenvalue weighted by Gasteiger charge is -2.09. The quantitative estimate of drug-likeness (QED) is 0.415. The van der Waals surface area contributed by atoms with E-state index in [2.05, 4.69) is 43.8 Å². The number of aryl methyl sites for hydroxylation is 1. The van der Waals surface area contributed by atoms with Crippen LogP contribution in [0.1, 0.15) is 15.9 Å². The van der Waals surface area contributed by atoms with Gasteiger partial charge in [-0.25, -0.2) is 0 Å². The number of nitro groups is 1. The normalized spacial score (nSPS) is 10.2. The van der Waals surface area contributed by atoms with Crippen molar-refractivity contribution in [1.82, 2.24) is 0 Å². The molecule has 21 heavy (non-hydrogen) atoms. The highest BCUT2D eigenvalue weighted by Crippen LogP contribution is 2.31. The second-order valence-corrected chi connectivity index (χ2v) is 6.44. The van der Waals surface area contributed by atoms with Gasteiger partial charge in [0.2, 0.25) is 0 Å². The Morgan fingerprint density at radius 1 is 1.33 bits per heavy atom. The lowest BCUT2D eigenvalue weighted by Crippen LogP contribution is -2.12. The lowest BCUT2D eigenvalue weighted by molar-refractivity contribution is -0.385. The first-order chi connectivity index (χ1) is 9.88. The summed E-state index contributed by atoms with van der Waals surface area (Å²) in [6, 6.07) is 10.1. The molecule has 0 fully saturated rings. The summed E-state index contributed by atoms with van der Waals surface area (Å²) < 4.78 is 1.54. The first-order valence-corrected chi connectivity index (χ1v) is 7.77. The topological polar surface area (TPSA) is 72.2 Å². The molecule has 0 aliphatic heterocycles. The summed E-state index contributed by atoms with van der Waals surface area (Å²) in [7, 11) is 0. The molecule has 2 aromatic carbocycles. The smallest absolute Gasteiger partial charge is 0.274 e. The van der Waals surface area contributed by atoms with Gasteiger partial charge in [0.15, 0.2) is 0 Å². The SMILES string of the molecule is Cc1cc(Br)c(NC(=O)c2cccc(I)c2)cc1[N+](=O)[O-]. The number of halogens is 2. The van der Waals surface area contributed by atoms with Crippen molar-refractivity contribution >= 4 is 55.8 Å². The maximum Gasteiger partial charge on any atom is 0.274 e. The van der Waals surface area contributed by atoms with Crippen LogP contribution in [0.15, 0.2) is 40.9 Å². The Balaban J connectivity index is 2.33. The van der Waals surface area contributed by atoms with Crippen molar-refractivity contribution in [2.24, 2.45) is 0 Å². The molecule has 0 bridgehead atoms. The van der Waals surface area contributed by atoms with Gasteiger partial charge < -0.3 is 5.32 Å². The highest BCUT2D eigenvalue weighted by atomic mass is 127. The number of hydrogen-bond acceptors (Lipinski definition) is 3. The summed E-state index contributed by atoms with van der Waals surface area (Å²) in [5, 5.41) is 13.6. The Hall–Kier alpha value is -1.48. The number of nitrogens with one attached hydrogen (secondary N) is 1. The molecule has 1 amide bonds. The van der Waals surface area contributed by atoms with Gasteiger partial charge in [0.1, 0.15) is 0 Å². The van der Waals surface area contributed by atoms with Gasteiger partial charge in [0, 0.05) is 25.2 Å². The van der Waals surface area contributed by atoms with Crippen molar-refractivity contribution in [3.8, 4) is 0 Å². The first kappa shape index (κ1) is 15.9. The van der Waals surface area contributed by atoms with Gasteiger partial charge in [-0.15, -0.1) is 0 Å². The van der Waals surface area contributed by atoms with Gasteiger partial charge >= 0.3 is 0 Å². The molecular weight excluding hydrogens is 451 g/mol. The van der Waals surface area contributed by atoms with Crippen molar-refractivity contribution in [3.63, 3.8) is 0 Å². The fourth-order valence-corrected chi connectivity index (χ4v) is 2.88. The van der Waals surface area contributed by atoms with E-state index in [0.717, 1.165) is 3.57 Å². The van der Waals surface area contributed by atoms with Crippen LogP contribution < -0.4 is 5.32 Å². The van der Waals surface area contributed by atoms with E-state index < -0.39 is 4.92 Å². The summed E-state index contributed by atoms with van der Waals surface area (Å²) in [5.74, 6) is -0.313. The number of rotatable bonds is 3. The average molecular weight is 461 g/mol. The van der Waals surface area contributed by atoms with Crippen LogP contribution in [0.3, 0.4) is 0 Å². The number of carbonyl (C=O) groups is 1. The minimum Gasteiger partial charge on any atom is -0.321 e. The zero-order valence-corrected chi connectivity index (χ0v) is 14.6. The van der Waals surface area contributed by atoms with Crippen LogP contribution in [0.2, 0.25) is 0 Å². The molecule has 2 rings (SSSR count). The van der Waals surface area contributed by atoms with Gasteiger partial charge in [-0.1, -0.05) is 6.07 Å². The van der Waals surface area contributed by atoms with E-state index in [1.165, 1.54) is 6.07 Å². The highest BCUT2D eigenvalue weighted by Gasteiger charge is 2.16. The Labute approximate surface area is 143 Å². The van der Waals surface area contributed by atoms with Crippen LogP contribution in [0.4, 0.5) is 11.4 Å². The average Bonchev–Trinajstić information content (AvgIpc) is 2.41. The van der Waals surface area contributed by atoms with Crippen molar-refractivity contribution in [3.05, 3.63) is 65.7 Å². The van der Waals surface area contributed by atoms with Crippen LogP contribution in [-0.4, -0.2) is 10.8 Å². The number of amides is 1. The first-order valence-electron chi connectivity index (χ1n) is 5.90. The van der Waals surface area contributed by atoms with E-state index in [9.17, 15) is 14.9 Å². The van der Waals surface area contributed by atoms with Gasteiger partial charge in [-0.05, 0) is 69.7 Å².